The molecule has 4 heteroatoms. The van der Waals surface area contributed by atoms with Gasteiger partial charge in [0, 0.05) is 0 Å². The van der Waals surface area contributed by atoms with Gasteiger partial charge < -0.3 is 0 Å². The van der Waals surface area contributed by atoms with Gasteiger partial charge in [0.2, 0.25) is 0 Å². The Morgan fingerprint density at radius 2 is 1.60 bits per heavy atom. The molecule has 1 rings (SSSR count). The molecule has 0 radical (unpaired) electrons. The van der Waals surface area contributed by atoms with Gasteiger partial charge in [-0.2, -0.15) is 0 Å². The van der Waals surface area contributed by atoms with Crippen LogP contribution < -0.4 is 0 Å². The molecule has 0 N–H and O–H groups in total. The molecule has 0 saturated carbocycles. The third-order valence-corrected chi connectivity index (χ3v) is 7.24. The molecule has 0 aliphatic carbocycles. The zero-order valence-corrected chi connectivity index (χ0v) is 13.8. The van der Waals surface area contributed by atoms with Crippen LogP contribution in [0.25, 0.3) is 0 Å². The van der Waals surface area contributed by atoms with Gasteiger partial charge in [-0.25, -0.2) is 0 Å². The average Bonchev–Trinajstić information content (AvgIpc) is 2.40. The third-order valence-electron chi connectivity index (χ3n) is 3.07. The molecule has 15 heavy (non-hydrogen) atoms. The summed E-state index contributed by atoms with van der Waals surface area (Å²) in [5, 5.41) is 0. The molecule has 0 spiro atoms. The van der Waals surface area contributed by atoms with Crippen LogP contribution in [0.15, 0.2) is 12.2 Å². The minimum atomic E-state index is -1.55. The van der Waals surface area contributed by atoms with E-state index in [1.54, 1.807) is 0 Å². The maximum atomic E-state index is 2.49. The van der Waals surface area contributed by atoms with Crippen LogP contribution >= 0.6 is 0 Å². The topological polar surface area (TPSA) is 6.48 Å². The van der Waals surface area contributed by atoms with E-state index in [-0.39, 0.29) is 0 Å². The molecule has 0 amide bonds. The Kier molecular flexibility index (Phi) is 5.19. The summed E-state index contributed by atoms with van der Waals surface area (Å²) >= 11 is -1.55. The molecule has 1 aliphatic heterocycles. The zero-order valence-electron chi connectivity index (χ0n) is 11.0. The van der Waals surface area contributed by atoms with Crippen molar-refractivity contribution in [1.29, 1.82) is 0 Å². The van der Waals surface area contributed by atoms with Crippen molar-refractivity contribution < 1.29 is 0 Å². The number of likely N-dealkylation sites (N-methyl/N-ethyl adjacent to an activating group) is 2. The summed E-state index contributed by atoms with van der Waals surface area (Å²) in [5.41, 5.74) is 0. The number of allylic oxidation sites excluding steroid dienone is 2. The van der Waals surface area contributed by atoms with E-state index in [0.29, 0.717) is 6.98 Å². The van der Waals surface area contributed by atoms with Crippen molar-refractivity contribution in [2.45, 2.75) is 25.6 Å². The fourth-order valence-corrected chi connectivity index (χ4v) is 4.46. The van der Waals surface area contributed by atoms with Crippen LogP contribution in [-0.2, 0) is 0 Å². The number of nitrogens with zero attached hydrogens (tertiary/aromatic N) is 2. The summed E-state index contributed by atoms with van der Waals surface area (Å²) < 4.78 is 1.38. The van der Waals surface area contributed by atoms with Crippen LogP contribution in [0.3, 0.4) is 0 Å². The second-order valence-electron chi connectivity index (χ2n) is 5.91. The van der Waals surface area contributed by atoms with Crippen molar-refractivity contribution in [3.8, 4) is 0 Å². The van der Waals surface area contributed by atoms with Crippen molar-refractivity contribution in [2.24, 2.45) is 0 Å². The van der Waals surface area contributed by atoms with E-state index >= 15 is 0 Å². The Morgan fingerprint density at radius 3 is 2.07 bits per heavy atom. The predicted octanol–water partition coefficient (Wildman–Crippen LogP) is 2.25. The standard InChI is InChI=1S/C8H16BN2.3CH3.Sn/c1-4-5-6-9-10(2)7-8-11(9)3;;;;/h4-5H,1,6-8H2,2-3H3;3*1H3;/b5-4-;;;;. The number of hydrogen-bond donors (Lipinski definition) is 0. The van der Waals surface area contributed by atoms with Gasteiger partial charge in [-0.15, -0.1) is 0 Å². The molecule has 1 fully saturated rings. The number of hydrogen-bond acceptors (Lipinski definition) is 2. The van der Waals surface area contributed by atoms with E-state index in [9.17, 15) is 0 Å². The van der Waals surface area contributed by atoms with Gasteiger partial charge in [0.15, 0.2) is 0 Å². The van der Waals surface area contributed by atoms with E-state index in [2.05, 4.69) is 50.7 Å². The molecule has 2 nitrogen and oxygen atoms in total. The predicted molar refractivity (Wildman–Crippen MR) is 73.1 cm³/mol. The van der Waals surface area contributed by atoms with Crippen LogP contribution in [0.2, 0.25) is 25.6 Å². The third kappa shape index (κ3) is 4.92. The fraction of sp³-hybridized carbons (Fsp3) is 0.818. The van der Waals surface area contributed by atoms with E-state index in [1.807, 2.05) is 0 Å². The summed E-state index contributed by atoms with van der Waals surface area (Å²) in [4.78, 5) is 12.4. The van der Waals surface area contributed by atoms with E-state index in [0.717, 1.165) is 0 Å². The van der Waals surface area contributed by atoms with Gasteiger partial charge in [-0.3, -0.25) is 0 Å². The monoisotopic (exact) mass is 316 g/mol. The normalized spacial score (nSPS) is 20.7. The van der Waals surface area contributed by atoms with Gasteiger partial charge in [0.05, 0.1) is 0 Å². The van der Waals surface area contributed by atoms with Crippen molar-refractivity contribution in [2.75, 3.05) is 27.2 Å². The first-order valence-electron chi connectivity index (χ1n) is 5.95. The summed E-state index contributed by atoms with van der Waals surface area (Å²) in [6.07, 6.45) is 6.01. The van der Waals surface area contributed by atoms with Crippen LogP contribution in [0.5, 0.6) is 0 Å². The first-order valence-corrected chi connectivity index (χ1v) is 16.5. The summed E-state index contributed by atoms with van der Waals surface area (Å²) in [7, 11) is 4.45. The summed E-state index contributed by atoms with van der Waals surface area (Å²) in [5.74, 6) is 0. The second kappa shape index (κ2) is 5.73. The molecule has 86 valence electrons. The Hall–Kier alpha value is 0.524. The van der Waals surface area contributed by atoms with E-state index in [1.165, 1.54) is 23.8 Å². The average molecular weight is 315 g/mol. The van der Waals surface area contributed by atoms with E-state index in [4.69, 9.17) is 0 Å². The van der Waals surface area contributed by atoms with Gasteiger partial charge in [-0.05, 0) is 0 Å². The zero-order chi connectivity index (χ0) is 11.5. The molecule has 1 aliphatic rings. The quantitative estimate of drug-likeness (QED) is 0.580. The van der Waals surface area contributed by atoms with Gasteiger partial charge in [-0.1, -0.05) is 0 Å². The van der Waals surface area contributed by atoms with E-state index < -0.39 is 18.4 Å². The molecule has 0 atom stereocenters. The van der Waals surface area contributed by atoms with Crippen molar-refractivity contribution in [3.05, 3.63) is 12.2 Å². The van der Waals surface area contributed by atoms with Crippen molar-refractivity contribution >= 4 is 25.4 Å². The van der Waals surface area contributed by atoms with Crippen molar-refractivity contribution in [1.82, 2.24) is 9.62 Å². The Balaban J connectivity index is 2.30. The van der Waals surface area contributed by atoms with Crippen LogP contribution in [0.1, 0.15) is 0 Å². The molecule has 1 heterocycles. The second-order valence-corrected chi connectivity index (χ2v) is 21.7. The molecular weight excluding hydrogens is 290 g/mol. The summed E-state index contributed by atoms with van der Waals surface area (Å²) in [6, 6.07) is 0. The van der Waals surface area contributed by atoms with Crippen molar-refractivity contribution in [3.63, 3.8) is 0 Å². The van der Waals surface area contributed by atoms with Crippen LogP contribution in [0, 0.1) is 0 Å². The molecule has 0 aromatic rings. The first-order chi connectivity index (χ1) is 6.90. The van der Waals surface area contributed by atoms with Crippen LogP contribution in [-0.4, -0.2) is 62.2 Å². The Bertz CT molecular complexity index is 215. The molecule has 0 aromatic carbocycles. The molecule has 1 saturated heterocycles. The maximum absolute atomic E-state index is 2.49. The van der Waals surface area contributed by atoms with Crippen LogP contribution in [0.4, 0.5) is 0 Å². The fourth-order valence-electron chi connectivity index (χ4n) is 1.96. The van der Waals surface area contributed by atoms with Gasteiger partial charge >= 0.3 is 99.9 Å². The molecule has 0 aromatic heterocycles. The minimum absolute atomic E-state index is 0.636. The molecule has 0 unspecified atom stereocenters. The van der Waals surface area contributed by atoms with Gasteiger partial charge in [0.25, 0.3) is 0 Å². The SMILES string of the molecule is CN1CCN(C)B1C/C=C\[CH2][Sn]([CH3])([CH3])[CH3]. The van der Waals surface area contributed by atoms with Gasteiger partial charge in [0.1, 0.15) is 0 Å². The molecular formula is C11H25BN2Sn. The Morgan fingerprint density at radius 1 is 1.07 bits per heavy atom. The first kappa shape index (κ1) is 13.6. The summed E-state index contributed by atoms with van der Waals surface area (Å²) in [6.45, 7) is 3.07. The number of rotatable bonds is 4. The molecule has 0 bridgehead atoms. The Labute approximate surface area is 99.7 Å².